The average Bonchev–Trinajstić information content (AvgIpc) is 2.70. The van der Waals surface area contributed by atoms with E-state index in [1.54, 1.807) is 7.11 Å². The van der Waals surface area contributed by atoms with E-state index in [9.17, 15) is 10.2 Å². The molecule has 0 unspecified atom stereocenters. The molecule has 0 aliphatic carbocycles. The Hall–Kier alpha value is -1.60. The molecule has 2 aliphatic heterocycles. The standard InChI is InChI=1S/C22H26BrNO4/c1-27-17-6-7-18-19(25)13-22(28-21(18)12-17)8-10-24(11-9-22)14-20(26)15-2-4-16(23)5-3-15/h2-7,12,19-20,25-26H,8-11,13-14H2,1H3/t19-,20-/m1/s1. The summed E-state index contributed by atoms with van der Waals surface area (Å²) in [6, 6.07) is 13.4. The molecule has 0 radical (unpaired) electrons. The van der Waals surface area contributed by atoms with Crippen LogP contribution in [0.2, 0.25) is 0 Å². The van der Waals surface area contributed by atoms with Gasteiger partial charge in [-0.05, 0) is 42.7 Å². The maximum atomic E-state index is 10.6. The molecule has 1 spiro atoms. The van der Waals surface area contributed by atoms with Crippen molar-refractivity contribution >= 4 is 15.9 Å². The van der Waals surface area contributed by atoms with Gasteiger partial charge >= 0.3 is 0 Å². The normalized spacial score (nSPS) is 22.4. The average molecular weight is 448 g/mol. The van der Waals surface area contributed by atoms with Gasteiger partial charge in [0.15, 0.2) is 0 Å². The lowest BCUT2D eigenvalue weighted by Gasteiger charge is -2.46. The van der Waals surface area contributed by atoms with Crippen molar-refractivity contribution in [3.05, 3.63) is 58.1 Å². The zero-order valence-electron chi connectivity index (χ0n) is 16.0. The van der Waals surface area contributed by atoms with Gasteiger partial charge in [-0.15, -0.1) is 0 Å². The molecule has 0 amide bonds. The lowest BCUT2D eigenvalue weighted by atomic mass is 9.81. The first kappa shape index (κ1) is 19.7. The van der Waals surface area contributed by atoms with Crippen molar-refractivity contribution in [3.63, 3.8) is 0 Å². The fourth-order valence-corrected chi connectivity index (χ4v) is 4.49. The minimum Gasteiger partial charge on any atom is -0.497 e. The third kappa shape index (κ3) is 4.06. The van der Waals surface area contributed by atoms with Gasteiger partial charge in [0, 0.05) is 42.2 Å². The number of fused-ring (bicyclic) bond motifs is 1. The van der Waals surface area contributed by atoms with E-state index in [0.717, 1.165) is 53.0 Å². The summed E-state index contributed by atoms with van der Waals surface area (Å²) in [4.78, 5) is 2.27. The van der Waals surface area contributed by atoms with Crippen LogP contribution in [0, 0.1) is 0 Å². The van der Waals surface area contributed by atoms with E-state index in [2.05, 4.69) is 20.8 Å². The summed E-state index contributed by atoms with van der Waals surface area (Å²) in [5.41, 5.74) is 1.41. The van der Waals surface area contributed by atoms with Crippen LogP contribution in [0.4, 0.5) is 0 Å². The largest absolute Gasteiger partial charge is 0.497 e. The number of hydrogen-bond acceptors (Lipinski definition) is 5. The summed E-state index contributed by atoms with van der Waals surface area (Å²) < 4.78 is 12.7. The Morgan fingerprint density at radius 2 is 1.93 bits per heavy atom. The van der Waals surface area contributed by atoms with Crippen LogP contribution in [0.5, 0.6) is 11.5 Å². The van der Waals surface area contributed by atoms with Crippen molar-refractivity contribution in [1.82, 2.24) is 4.90 Å². The molecule has 2 atom stereocenters. The molecule has 0 saturated carbocycles. The molecule has 2 aromatic rings. The number of likely N-dealkylation sites (tertiary alicyclic amines) is 1. The van der Waals surface area contributed by atoms with E-state index in [1.807, 2.05) is 42.5 Å². The summed E-state index contributed by atoms with van der Waals surface area (Å²) in [6.07, 6.45) is 1.23. The van der Waals surface area contributed by atoms with Gasteiger partial charge in [-0.3, -0.25) is 0 Å². The van der Waals surface area contributed by atoms with Crippen LogP contribution < -0.4 is 9.47 Å². The van der Waals surface area contributed by atoms with E-state index >= 15 is 0 Å². The minimum absolute atomic E-state index is 0.349. The van der Waals surface area contributed by atoms with Crippen molar-refractivity contribution in [2.45, 2.75) is 37.1 Å². The van der Waals surface area contributed by atoms with Gasteiger partial charge in [0.25, 0.3) is 0 Å². The van der Waals surface area contributed by atoms with Crippen LogP contribution in [0.1, 0.15) is 42.6 Å². The van der Waals surface area contributed by atoms with Gasteiger partial charge in [0.2, 0.25) is 0 Å². The highest BCUT2D eigenvalue weighted by Crippen LogP contribution is 2.45. The van der Waals surface area contributed by atoms with Crippen LogP contribution in [0.15, 0.2) is 46.9 Å². The van der Waals surface area contributed by atoms with E-state index < -0.39 is 12.2 Å². The fourth-order valence-electron chi connectivity index (χ4n) is 4.23. The third-order valence-corrected chi connectivity index (χ3v) is 6.45. The number of hydrogen-bond donors (Lipinski definition) is 2. The molecule has 1 saturated heterocycles. The fraction of sp³-hybridized carbons (Fsp3) is 0.455. The Kier molecular flexibility index (Phi) is 5.65. The predicted octanol–water partition coefficient (Wildman–Crippen LogP) is 3.84. The molecule has 5 nitrogen and oxygen atoms in total. The smallest absolute Gasteiger partial charge is 0.129 e. The molecule has 2 aromatic carbocycles. The SMILES string of the molecule is COc1ccc2c(c1)OC1(CCN(C[C@@H](O)c3ccc(Br)cc3)CC1)C[C@H]2O. The molecule has 0 bridgehead atoms. The first-order valence-electron chi connectivity index (χ1n) is 9.69. The Bertz CT molecular complexity index is 818. The van der Waals surface area contributed by atoms with Crippen molar-refractivity contribution in [3.8, 4) is 11.5 Å². The monoisotopic (exact) mass is 447 g/mol. The number of methoxy groups -OCH3 is 1. The molecule has 150 valence electrons. The van der Waals surface area contributed by atoms with Crippen LogP contribution in [-0.2, 0) is 0 Å². The van der Waals surface area contributed by atoms with E-state index in [-0.39, 0.29) is 5.60 Å². The number of aliphatic hydroxyl groups excluding tert-OH is 2. The van der Waals surface area contributed by atoms with E-state index in [0.29, 0.717) is 13.0 Å². The summed E-state index contributed by atoms with van der Waals surface area (Å²) in [5, 5.41) is 21.2. The molecule has 2 heterocycles. The lowest BCUT2D eigenvalue weighted by molar-refractivity contribution is -0.0588. The van der Waals surface area contributed by atoms with E-state index in [4.69, 9.17) is 9.47 Å². The van der Waals surface area contributed by atoms with Crippen molar-refractivity contribution in [2.24, 2.45) is 0 Å². The Balaban J connectivity index is 1.40. The topological polar surface area (TPSA) is 62.2 Å². The minimum atomic E-state index is -0.519. The lowest BCUT2D eigenvalue weighted by Crippen LogP contribution is -2.51. The molecule has 2 N–H and O–H groups in total. The van der Waals surface area contributed by atoms with Crippen molar-refractivity contribution in [2.75, 3.05) is 26.7 Å². The maximum absolute atomic E-state index is 10.6. The Labute approximate surface area is 174 Å². The maximum Gasteiger partial charge on any atom is 0.129 e. The second kappa shape index (κ2) is 8.03. The predicted molar refractivity (Wildman–Crippen MR) is 111 cm³/mol. The molecular weight excluding hydrogens is 422 g/mol. The third-order valence-electron chi connectivity index (χ3n) is 5.92. The highest BCUT2D eigenvalue weighted by atomic mass is 79.9. The first-order valence-corrected chi connectivity index (χ1v) is 10.5. The Morgan fingerprint density at radius 3 is 2.61 bits per heavy atom. The van der Waals surface area contributed by atoms with Crippen LogP contribution in [-0.4, -0.2) is 47.5 Å². The first-order chi connectivity index (χ1) is 13.5. The number of halogens is 1. The number of rotatable bonds is 4. The van der Waals surface area contributed by atoms with Gasteiger partial charge in [-0.25, -0.2) is 0 Å². The van der Waals surface area contributed by atoms with Gasteiger partial charge in [-0.2, -0.15) is 0 Å². The van der Waals surface area contributed by atoms with Gasteiger partial charge in [-0.1, -0.05) is 28.1 Å². The number of β-amino-alcohol motifs (C(OH)–C–C–N with tert-alkyl or cyclic N) is 1. The molecule has 4 rings (SSSR count). The Morgan fingerprint density at radius 1 is 1.21 bits per heavy atom. The molecule has 6 heteroatoms. The highest BCUT2D eigenvalue weighted by Gasteiger charge is 2.43. The highest BCUT2D eigenvalue weighted by molar-refractivity contribution is 9.10. The summed E-state index contributed by atoms with van der Waals surface area (Å²) in [7, 11) is 1.63. The number of ether oxygens (including phenoxy) is 2. The molecular formula is C22H26BrNO4. The van der Waals surface area contributed by atoms with Gasteiger partial charge in [0.05, 0.1) is 19.3 Å². The van der Waals surface area contributed by atoms with Crippen LogP contribution >= 0.6 is 15.9 Å². The second-order valence-corrected chi connectivity index (χ2v) is 8.69. The zero-order chi connectivity index (χ0) is 19.7. The van der Waals surface area contributed by atoms with Crippen molar-refractivity contribution < 1.29 is 19.7 Å². The molecule has 2 aliphatic rings. The summed E-state index contributed by atoms with van der Waals surface area (Å²) in [5.74, 6) is 1.46. The quantitative estimate of drug-likeness (QED) is 0.745. The number of nitrogens with zero attached hydrogens (tertiary/aromatic N) is 1. The zero-order valence-corrected chi connectivity index (χ0v) is 17.6. The van der Waals surface area contributed by atoms with Crippen LogP contribution in [0.3, 0.4) is 0 Å². The summed E-state index contributed by atoms with van der Waals surface area (Å²) >= 11 is 3.42. The summed E-state index contributed by atoms with van der Waals surface area (Å²) in [6.45, 7) is 2.27. The van der Waals surface area contributed by atoms with Crippen molar-refractivity contribution in [1.29, 1.82) is 0 Å². The molecule has 1 fully saturated rings. The van der Waals surface area contributed by atoms with Gasteiger partial charge in [0.1, 0.15) is 17.1 Å². The molecule has 0 aromatic heterocycles. The van der Waals surface area contributed by atoms with Crippen LogP contribution in [0.25, 0.3) is 0 Å². The number of benzene rings is 2. The van der Waals surface area contributed by atoms with Gasteiger partial charge < -0.3 is 24.6 Å². The second-order valence-electron chi connectivity index (χ2n) is 7.78. The molecule has 28 heavy (non-hydrogen) atoms. The van der Waals surface area contributed by atoms with E-state index in [1.165, 1.54) is 0 Å². The number of piperidine rings is 1. The number of aliphatic hydroxyl groups is 2.